The molecule has 7 N–H and O–H groups in total. The second-order valence-electron chi connectivity index (χ2n) is 15.9. The number of carboxylic acids is 2. The van der Waals surface area contributed by atoms with Crippen molar-refractivity contribution in [2.75, 3.05) is 56.5 Å². The highest BCUT2D eigenvalue weighted by atomic mass is 16.5. The highest BCUT2D eigenvalue weighted by Gasteiger charge is 2.45. The van der Waals surface area contributed by atoms with E-state index in [4.69, 9.17) is 19.8 Å². The molecule has 2 fully saturated rings. The van der Waals surface area contributed by atoms with Gasteiger partial charge >= 0.3 is 18.0 Å². The smallest absolute Gasteiger partial charge is 0.317 e. The lowest BCUT2D eigenvalue weighted by Crippen LogP contribution is -2.59. The van der Waals surface area contributed by atoms with E-state index in [9.17, 15) is 34.5 Å². The third-order valence-corrected chi connectivity index (χ3v) is 11.6. The Labute approximate surface area is 327 Å². The second-order valence-corrected chi connectivity index (χ2v) is 15.9. The summed E-state index contributed by atoms with van der Waals surface area (Å²) in [4.78, 5) is 61.6. The molecule has 3 unspecified atom stereocenters. The van der Waals surface area contributed by atoms with Crippen molar-refractivity contribution in [1.29, 1.82) is 0 Å². The molecule has 0 aliphatic carbocycles. The number of amides is 3. The first-order valence-electron chi connectivity index (χ1n) is 20.2. The molecule has 0 bridgehead atoms. The number of hydrogen-bond acceptors (Lipinski definition) is 11. The summed E-state index contributed by atoms with van der Waals surface area (Å²) in [6.07, 6.45) is 6.52. The topological polar surface area (TPSA) is 227 Å². The van der Waals surface area contributed by atoms with Crippen molar-refractivity contribution in [3.8, 4) is 0 Å². The molecule has 16 heteroatoms. The zero-order chi connectivity index (χ0) is 39.7. The number of aliphatic carboxylic acids is 2. The Bertz CT molecular complexity index is 1720. The third-order valence-electron chi connectivity index (χ3n) is 11.6. The maximum absolute atomic E-state index is 13.3. The van der Waals surface area contributed by atoms with E-state index in [1.54, 1.807) is 9.80 Å². The molecule has 4 aliphatic rings. The van der Waals surface area contributed by atoms with Crippen molar-refractivity contribution in [3.63, 3.8) is 0 Å². The summed E-state index contributed by atoms with van der Waals surface area (Å²) in [5.74, 6) is -0.492. The average Bonchev–Trinajstić information content (AvgIpc) is 3.17. The lowest BCUT2D eigenvalue weighted by Gasteiger charge is -2.44. The Hall–Kier alpha value is -4.54. The molecule has 0 radical (unpaired) electrons. The van der Waals surface area contributed by atoms with Gasteiger partial charge in [-0.05, 0) is 100 Å². The molecule has 2 aromatic rings. The highest BCUT2D eigenvalue weighted by molar-refractivity contribution is 5.76. The van der Waals surface area contributed by atoms with Gasteiger partial charge < -0.3 is 50.9 Å². The van der Waals surface area contributed by atoms with E-state index >= 15 is 0 Å². The average molecular weight is 780 g/mol. The summed E-state index contributed by atoms with van der Waals surface area (Å²) in [6.45, 7) is 2.55. The van der Waals surface area contributed by atoms with E-state index in [2.05, 4.69) is 28.1 Å². The van der Waals surface area contributed by atoms with Gasteiger partial charge in [-0.15, -0.1) is 0 Å². The quantitative estimate of drug-likeness (QED) is 0.122. The summed E-state index contributed by atoms with van der Waals surface area (Å²) >= 11 is 0. The van der Waals surface area contributed by atoms with Crippen LogP contribution in [0.25, 0.3) is 0 Å². The largest absolute Gasteiger partial charge is 0.481 e. The molecule has 6 rings (SSSR count). The van der Waals surface area contributed by atoms with Gasteiger partial charge in [0, 0.05) is 57.1 Å². The molecule has 0 aromatic carbocycles. The lowest BCUT2D eigenvalue weighted by molar-refractivity contribution is -0.173. The van der Waals surface area contributed by atoms with Crippen LogP contribution in [0.5, 0.6) is 0 Å². The number of fused-ring (bicyclic) bond motifs is 2. The van der Waals surface area contributed by atoms with E-state index < -0.39 is 35.7 Å². The number of anilines is 2. The fraction of sp³-hybridized carbons (Fsp3) is 0.650. The number of urea groups is 1. The maximum Gasteiger partial charge on any atom is 0.317 e. The van der Waals surface area contributed by atoms with Gasteiger partial charge in [-0.25, -0.2) is 14.8 Å². The Morgan fingerprint density at radius 2 is 1.52 bits per heavy atom. The minimum absolute atomic E-state index is 0.0331. The maximum atomic E-state index is 13.3. The number of aryl methyl sites for hydroxylation is 4. The van der Waals surface area contributed by atoms with Crippen molar-refractivity contribution in [2.24, 2.45) is 0 Å². The van der Waals surface area contributed by atoms with Gasteiger partial charge in [0.2, 0.25) is 5.91 Å². The summed E-state index contributed by atoms with van der Waals surface area (Å²) in [5.41, 5.74) is 1.31. The molecule has 2 saturated heterocycles. The van der Waals surface area contributed by atoms with Gasteiger partial charge in [-0.3, -0.25) is 14.4 Å². The first-order chi connectivity index (χ1) is 26.9. The number of piperidine rings is 2. The summed E-state index contributed by atoms with van der Waals surface area (Å²) < 4.78 is 6.28. The molecular formula is C40H57N7O9. The fourth-order valence-corrected chi connectivity index (χ4v) is 8.21. The molecule has 3 amide bonds. The van der Waals surface area contributed by atoms with Crippen molar-refractivity contribution < 1.29 is 44.3 Å². The Morgan fingerprint density at radius 1 is 0.839 bits per heavy atom. The van der Waals surface area contributed by atoms with E-state index in [-0.39, 0.29) is 63.4 Å². The molecule has 3 atom stereocenters. The predicted octanol–water partition coefficient (Wildman–Crippen LogP) is 2.74. The number of carbonyl (C=O) groups is 4. The van der Waals surface area contributed by atoms with Crippen LogP contribution in [-0.4, -0.2) is 133 Å². The number of aromatic nitrogens is 2. The first kappa shape index (κ1) is 41.1. The minimum atomic E-state index is -1.60. The van der Waals surface area contributed by atoms with E-state index in [1.807, 2.05) is 12.1 Å². The number of carbonyl (C=O) groups excluding carboxylic acids is 2. The van der Waals surface area contributed by atoms with Crippen LogP contribution in [0.1, 0.15) is 93.1 Å². The molecule has 16 nitrogen and oxygen atoms in total. The van der Waals surface area contributed by atoms with Gasteiger partial charge in [0.25, 0.3) is 0 Å². The molecule has 4 aliphatic heterocycles. The lowest BCUT2D eigenvalue weighted by atomic mass is 9.85. The number of unbranched alkanes of at least 4 members (excludes halogenated alkanes) is 1. The molecule has 6 heterocycles. The predicted molar refractivity (Wildman–Crippen MR) is 206 cm³/mol. The van der Waals surface area contributed by atoms with E-state index in [0.29, 0.717) is 45.3 Å². The van der Waals surface area contributed by atoms with Crippen LogP contribution in [0.15, 0.2) is 24.3 Å². The molecular weight excluding hydrogens is 722 g/mol. The van der Waals surface area contributed by atoms with Gasteiger partial charge in [0.05, 0.1) is 31.1 Å². The fourth-order valence-electron chi connectivity index (χ4n) is 8.21. The number of pyridine rings is 2. The van der Waals surface area contributed by atoms with Crippen molar-refractivity contribution in [1.82, 2.24) is 25.1 Å². The van der Waals surface area contributed by atoms with Crippen LogP contribution < -0.4 is 16.0 Å². The van der Waals surface area contributed by atoms with Gasteiger partial charge in [0.15, 0.2) is 0 Å². The third kappa shape index (κ3) is 11.1. The van der Waals surface area contributed by atoms with Gasteiger partial charge in [0.1, 0.15) is 23.3 Å². The Kier molecular flexibility index (Phi) is 13.7. The standard InChI is InChI=1S/C40H57N7O9/c48-33(8-2-1-6-29-12-9-27-5-3-18-41-36(27)43-29)47-22-17-40(55,24-35(51)52)32(25-47)56-26-31-14-11-28-10-13-30(44-37(28)45-31)7-4-19-42-38(53)46-20-15-39(54,16-21-46)23-34(49)50/h9-10,12-13,31-32,54-55H,1-8,11,14-26H2,(H,41,43)(H,42,53)(H,44,45)(H,49,50)(H,51,52). The molecule has 2 aromatic heterocycles. The Morgan fingerprint density at radius 3 is 2.25 bits per heavy atom. The Balaban J connectivity index is 0.940. The first-order valence-corrected chi connectivity index (χ1v) is 20.2. The number of likely N-dealkylation sites (tertiary alicyclic amines) is 2. The van der Waals surface area contributed by atoms with E-state index in [0.717, 1.165) is 73.7 Å². The van der Waals surface area contributed by atoms with Crippen LogP contribution in [0, 0.1) is 0 Å². The minimum Gasteiger partial charge on any atom is -0.481 e. The van der Waals surface area contributed by atoms with Crippen LogP contribution in [0.2, 0.25) is 0 Å². The van der Waals surface area contributed by atoms with Crippen LogP contribution in [-0.2, 0) is 44.8 Å². The number of nitrogens with one attached hydrogen (secondary N) is 3. The number of rotatable bonds is 16. The number of aliphatic hydroxyl groups is 2. The number of carboxylic acid groups (broad SMARTS) is 2. The van der Waals surface area contributed by atoms with Crippen LogP contribution >= 0.6 is 0 Å². The van der Waals surface area contributed by atoms with Gasteiger partial charge in [-0.1, -0.05) is 12.1 Å². The van der Waals surface area contributed by atoms with Gasteiger partial charge in [-0.2, -0.15) is 0 Å². The molecule has 0 spiro atoms. The summed E-state index contributed by atoms with van der Waals surface area (Å²) in [7, 11) is 0. The van der Waals surface area contributed by atoms with Crippen LogP contribution in [0.3, 0.4) is 0 Å². The molecule has 0 saturated carbocycles. The number of ether oxygens (including phenoxy) is 1. The van der Waals surface area contributed by atoms with Crippen molar-refractivity contribution in [2.45, 2.75) is 120 Å². The molecule has 306 valence electrons. The normalized spacial score (nSPS) is 22.9. The highest BCUT2D eigenvalue weighted by Crippen LogP contribution is 2.31. The summed E-state index contributed by atoms with van der Waals surface area (Å²) in [5, 5.41) is 50.2. The zero-order valence-corrected chi connectivity index (χ0v) is 32.1. The van der Waals surface area contributed by atoms with Crippen molar-refractivity contribution in [3.05, 3.63) is 46.8 Å². The van der Waals surface area contributed by atoms with Crippen molar-refractivity contribution >= 4 is 35.5 Å². The van der Waals surface area contributed by atoms with Crippen LogP contribution in [0.4, 0.5) is 16.4 Å². The second kappa shape index (κ2) is 18.6. The summed E-state index contributed by atoms with van der Waals surface area (Å²) in [6, 6.07) is 7.86. The molecule has 56 heavy (non-hydrogen) atoms. The zero-order valence-electron chi connectivity index (χ0n) is 32.1. The SMILES string of the molecule is O=C(O)CC1(O)CCN(C(=O)NCCCc2ccc3c(n2)NC(COC2CN(C(=O)CCCCc4ccc5c(n4)NCCC5)CCC2(O)CC(=O)O)CC3)CC1. The number of nitrogens with zero attached hydrogens (tertiary/aromatic N) is 4. The van der Waals surface area contributed by atoms with E-state index in [1.165, 1.54) is 5.56 Å². The monoisotopic (exact) mass is 779 g/mol. The number of hydrogen-bond donors (Lipinski definition) is 7.